The summed E-state index contributed by atoms with van der Waals surface area (Å²) in [6.07, 6.45) is 2.40. The molecule has 1 aromatic heterocycles. The van der Waals surface area contributed by atoms with E-state index in [9.17, 15) is 19.7 Å². The van der Waals surface area contributed by atoms with Crippen molar-refractivity contribution in [3.05, 3.63) is 82.2 Å². The van der Waals surface area contributed by atoms with Crippen LogP contribution in [0.4, 0.5) is 10.5 Å². The predicted octanol–water partition coefficient (Wildman–Crippen LogP) is 6.37. The second-order valence-corrected chi connectivity index (χ2v) is 13.0. The number of aryl methyl sites for hydroxylation is 1. The lowest BCUT2D eigenvalue weighted by Crippen LogP contribution is -2.46. The third-order valence-electron chi connectivity index (χ3n) is 8.28. The normalized spacial score (nSPS) is 16.0. The van der Waals surface area contributed by atoms with Crippen LogP contribution in [0.5, 0.6) is 0 Å². The molecule has 5 rings (SSSR count). The molecule has 0 radical (unpaired) electrons. The van der Waals surface area contributed by atoms with Gasteiger partial charge in [-0.1, -0.05) is 42.5 Å². The van der Waals surface area contributed by atoms with Gasteiger partial charge in [0, 0.05) is 63.9 Å². The van der Waals surface area contributed by atoms with E-state index in [1.165, 1.54) is 6.07 Å². The molecule has 244 valence electrons. The third-order valence-corrected chi connectivity index (χ3v) is 8.28. The number of hydrogen-bond acceptors (Lipinski definition) is 7. The highest BCUT2D eigenvalue weighted by atomic mass is 16.6. The van der Waals surface area contributed by atoms with Crippen molar-refractivity contribution < 1.29 is 24.0 Å². The zero-order valence-electron chi connectivity index (χ0n) is 27.0. The van der Waals surface area contributed by atoms with Crippen LogP contribution >= 0.6 is 0 Å². The average Bonchev–Trinajstić information content (AvgIpc) is 3.38. The molecular weight excluding hydrogens is 586 g/mol. The number of likely N-dealkylation sites (tertiary alicyclic amines) is 1. The Bertz CT molecular complexity index is 1710. The molecular formula is C35H43N5O6. The van der Waals surface area contributed by atoms with E-state index >= 15 is 0 Å². The highest BCUT2D eigenvalue weighted by Gasteiger charge is 2.31. The van der Waals surface area contributed by atoms with Gasteiger partial charge in [-0.15, -0.1) is 0 Å². The first-order chi connectivity index (χ1) is 22.0. The van der Waals surface area contributed by atoms with Gasteiger partial charge in [0.1, 0.15) is 11.4 Å². The molecule has 1 saturated heterocycles. The number of nitro groups is 1. The number of methoxy groups -OCH3 is 1. The summed E-state index contributed by atoms with van der Waals surface area (Å²) in [6.45, 7) is 7.66. The van der Waals surface area contributed by atoms with Crippen LogP contribution in [0.25, 0.3) is 21.8 Å². The van der Waals surface area contributed by atoms with E-state index < -0.39 is 22.7 Å². The smallest absolute Gasteiger partial charge is 0.407 e. The minimum absolute atomic E-state index is 0.0160. The lowest BCUT2D eigenvalue weighted by atomic mass is 9.95. The van der Waals surface area contributed by atoms with Crippen LogP contribution in [-0.2, 0) is 27.2 Å². The molecule has 11 nitrogen and oxygen atoms in total. The van der Waals surface area contributed by atoms with E-state index in [1.807, 2.05) is 48.4 Å². The summed E-state index contributed by atoms with van der Waals surface area (Å²) in [5.41, 5.74) is 1.76. The van der Waals surface area contributed by atoms with Crippen molar-refractivity contribution in [1.29, 1.82) is 0 Å². The number of hydrogen-bond donors (Lipinski definition) is 1. The Hall–Kier alpha value is -4.51. The molecule has 0 aliphatic carbocycles. The van der Waals surface area contributed by atoms with E-state index in [2.05, 4.69) is 29.6 Å². The zero-order chi connectivity index (χ0) is 32.8. The predicted molar refractivity (Wildman–Crippen MR) is 177 cm³/mol. The number of amides is 2. The molecule has 3 aromatic carbocycles. The second kappa shape index (κ2) is 14.3. The summed E-state index contributed by atoms with van der Waals surface area (Å²) >= 11 is 0. The highest BCUT2D eigenvalue weighted by molar-refractivity contribution is 5.83. The van der Waals surface area contributed by atoms with Gasteiger partial charge in [0.15, 0.2) is 0 Å². The maximum Gasteiger partial charge on any atom is 0.407 e. The summed E-state index contributed by atoms with van der Waals surface area (Å²) in [6, 6.07) is 18.5. The molecule has 46 heavy (non-hydrogen) atoms. The highest BCUT2D eigenvalue weighted by Crippen LogP contribution is 2.32. The van der Waals surface area contributed by atoms with E-state index in [0.717, 1.165) is 41.4 Å². The molecule has 2 heterocycles. The van der Waals surface area contributed by atoms with Crippen molar-refractivity contribution in [3.63, 3.8) is 0 Å². The van der Waals surface area contributed by atoms with E-state index in [0.29, 0.717) is 43.7 Å². The van der Waals surface area contributed by atoms with Crippen LogP contribution in [0.15, 0.2) is 60.7 Å². The van der Waals surface area contributed by atoms with Gasteiger partial charge in [0.05, 0.1) is 16.0 Å². The number of nitrogens with zero attached hydrogens (tertiary/aromatic N) is 4. The van der Waals surface area contributed by atoms with E-state index in [-0.39, 0.29) is 23.9 Å². The van der Waals surface area contributed by atoms with Crippen LogP contribution in [0, 0.1) is 10.1 Å². The minimum Gasteiger partial charge on any atom is -0.444 e. The fraction of sp³-hybridized carbons (Fsp3) is 0.457. The van der Waals surface area contributed by atoms with Crippen LogP contribution in [-0.4, -0.2) is 69.8 Å². The standard InChI is InChI=1S/C35H43N5O6/c1-35(2,3)46-34(42)36-28(20-24-12-13-25-9-5-6-10-26(25)19-24)21-32(41)38-16-7-11-27(23-38)33-37-30-15-14-29(40(43)44)22-31(30)39(33)17-8-18-45-4/h5-6,9-10,12-15,19,22,27-28H,7-8,11,16-18,20-21,23H2,1-4H3,(H,36,42)/t27-,28-/m1/s1. The number of imidazole rings is 1. The molecule has 1 aliphatic rings. The molecule has 2 atom stereocenters. The average molecular weight is 630 g/mol. The second-order valence-electron chi connectivity index (χ2n) is 13.0. The molecule has 2 amide bonds. The number of benzene rings is 3. The lowest BCUT2D eigenvalue weighted by molar-refractivity contribution is -0.384. The van der Waals surface area contributed by atoms with Crippen molar-refractivity contribution in [2.24, 2.45) is 0 Å². The van der Waals surface area contributed by atoms with Gasteiger partial charge in [-0.05, 0) is 68.9 Å². The van der Waals surface area contributed by atoms with Gasteiger partial charge in [-0.3, -0.25) is 14.9 Å². The number of carbonyl (C=O) groups excluding carboxylic acids is 2. The Morgan fingerprint density at radius 2 is 1.89 bits per heavy atom. The fourth-order valence-corrected chi connectivity index (χ4v) is 6.21. The van der Waals surface area contributed by atoms with Crippen molar-refractivity contribution >= 4 is 39.5 Å². The topological polar surface area (TPSA) is 129 Å². The van der Waals surface area contributed by atoms with Gasteiger partial charge < -0.3 is 24.3 Å². The Morgan fingerprint density at radius 3 is 2.63 bits per heavy atom. The Labute approximate surface area is 269 Å². The van der Waals surface area contributed by atoms with Crippen LogP contribution in [0.3, 0.4) is 0 Å². The molecule has 0 bridgehead atoms. The summed E-state index contributed by atoms with van der Waals surface area (Å²) in [5, 5.41) is 16.7. The first kappa shape index (κ1) is 32.9. The molecule has 0 saturated carbocycles. The van der Waals surface area contributed by atoms with Gasteiger partial charge >= 0.3 is 6.09 Å². The monoisotopic (exact) mass is 629 g/mol. The summed E-state index contributed by atoms with van der Waals surface area (Å²) in [7, 11) is 1.65. The maximum atomic E-state index is 13.9. The van der Waals surface area contributed by atoms with Gasteiger partial charge in [0.2, 0.25) is 5.91 Å². The van der Waals surface area contributed by atoms with Crippen molar-refractivity contribution in [2.75, 3.05) is 26.8 Å². The van der Waals surface area contributed by atoms with E-state index in [4.69, 9.17) is 14.5 Å². The third kappa shape index (κ3) is 8.20. The van der Waals surface area contributed by atoms with Crippen molar-refractivity contribution in [2.45, 2.75) is 77.0 Å². The number of alkyl carbamates (subject to hydrolysis) is 1. The SMILES string of the molecule is COCCCn1c([C@@H]2CCCN(C(=O)C[C@@H](Cc3ccc4ccccc4c3)NC(=O)OC(C)(C)C)C2)nc2ccc([N+](=O)[O-])cc21. The number of aromatic nitrogens is 2. The van der Waals surface area contributed by atoms with Gasteiger partial charge in [-0.25, -0.2) is 9.78 Å². The first-order valence-electron chi connectivity index (χ1n) is 15.9. The largest absolute Gasteiger partial charge is 0.444 e. The Balaban J connectivity index is 1.35. The Morgan fingerprint density at radius 1 is 1.11 bits per heavy atom. The van der Waals surface area contributed by atoms with Gasteiger partial charge in [-0.2, -0.15) is 0 Å². The van der Waals surface area contributed by atoms with Crippen molar-refractivity contribution in [3.8, 4) is 0 Å². The number of ether oxygens (including phenoxy) is 2. The maximum absolute atomic E-state index is 13.9. The summed E-state index contributed by atoms with van der Waals surface area (Å²) < 4.78 is 12.9. The van der Waals surface area contributed by atoms with Crippen LogP contribution < -0.4 is 5.32 Å². The molecule has 0 unspecified atom stereocenters. The molecule has 11 heteroatoms. The molecule has 1 aliphatic heterocycles. The molecule has 4 aromatic rings. The number of piperidine rings is 1. The summed E-state index contributed by atoms with van der Waals surface area (Å²) in [4.78, 5) is 44.6. The van der Waals surface area contributed by atoms with Crippen LogP contribution in [0.2, 0.25) is 0 Å². The van der Waals surface area contributed by atoms with E-state index in [1.54, 1.807) is 19.2 Å². The quantitative estimate of drug-likeness (QED) is 0.116. The minimum atomic E-state index is -0.670. The number of rotatable bonds is 11. The number of nitrogens with one attached hydrogen (secondary N) is 1. The van der Waals surface area contributed by atoms with Crippen LogP contribution in [0.1, 0.15) is 63.8 Å². The van der Waals surface area contributed by atoms with Gasteiger partial charge in [0.25, 0.3) is 5.69 Å². The zero-order valence-corrected chi connectivity index (χ0v) is 27.0. The number of fused-ring (bicyclic) bond motifs is 2. The molecule has 0 spiro atoms. The van der Waals surface area contributed by atoms with Crippen molar-refractivity contribution in [1.82, 2.24) is 19.8 Å². The fourth-order valence-electron chi connectivity index (χ4n) is 6.21. The number of non-ortho nitro benzene ring substituents is 1. The number of nitro benzene ring substituents is 1. The Kier molecular flexibility index (Phi) is 10.2. The lowest BCUT2D eigenvalue weighted by Gasteiger charge is -2.34. The number of carbonyl (C=O) groups is 2. The molecule has 1 N–H and O–H groups in total. The summed E-state index contributed by atoms with van der Waals surface area (Å²) in [5.74, 6) is 0.734. The molecule has 1 fully saturated rings. The first-order valence-corrected chi connectivity index (χ1v) is 15.9.